The summed E-state index contributed by atoms with van der Waals surface area (Å²) < 4.78 is 1.76. The van der Waals surface area contributed by atoms with Crippen LogP contribution in [0.3, 0.4) is 0 Å². The van der Waals surface area contributed by atoms with Crippen molar-refractivity contribution in [2.75, 3.05) is 11.9 Å². The largest absolute Gasteiger partial charge is 0.371 e. The molecule has 8 nitrogen and oxygen atoms in total. The van der Waals surface area contributed by atoms with Crippen molar-refractivity contribution in [2.24, 2.45) is 12.8 Å². The summed E-state index contributed by atoms with van der Waals surface area (Å²) in [7, 11) is 3.98. The second kappa shape index (κ2) is 10.1. The Morgan fingerprint density at radius 3 is 2.51 bits per heavy atom. The fraction of sp³-hybridized carbons (Fsp3) is 0.444. The first-order valence-corrected chi connectivity index (χ1v) is 12.2. The van der Waals surface area contributed by atoms with Crippen LogP contribution in [0.5, 0.6) is 0 Å². The van der Waals surface area contributed by atoms with Crippen LogP contribution in [0.15, 0.2) is 35.4 Å². The van der Waals surface area contributed by atoms with Gasteiger partial charge in [0.15, 0.2) is 0 Å². The van der Waals surface area contributed by atoms with Crippen molar-refractivity contribution in [3.63, 3.8) is 0 Å². The minimum Gasteiger partial charge on any atom is -0.371 e. The summed E-state index contributed by atoms with van der Waals surface area (Å²) in [6, 6.07) is 6.63. The van der Waals surface area contributed by atoms with Crippen LogP contribution in [0.25, 0.3) is 11.1 Å². The van der Waals surface area contributed by atoms with Gasteiger partial charge in [0.1, 0.15) is 0 Å². The van der Waals surface area contributed by atoms with Crippen LogP contribution in [-0.2, 0) is 13.6 Å². The standard InChI is InChI=1S/C27H36N6O2/c1-16-10-17(2)31-27(35)24(16)14-29-26(34)23-11-19(20-13-30-32(4)15-20)12-25(18(23)3)33(5)22-8-6-21(28)7-9-22/h10-13,15,21-22H,6-9,14,28H2,1-5H3,(H,29,34)(H,31,35). The molecule has 1 saturated carbocycles. The number of carbonyl (C=O) groups is 1. The minimum atomic E-state index is -0.201. The van der Waals surface area contributed by atoms with E-state index >= 15 is 0 Å². The number of aromatic nitrogens is 3. The number of rotatable bonds is 6. The monoisotopic (exact) mass is 476 g/mol. The lowest BCUT2D eigenvalue weighted by molar-refractivity contribution is 0.0950. The molecular weight excluding hydrogens is 440 g/mol. The van der Waals surface area contributed by atoms with Gasteiger partial charge in [-0.3, -0.25) is 14.3 Å². The molecule has 1 aromatic carbocycles. The van der Waals surface area contributed by atoms with Crippen LogP contribution < -0.4 is 21.5 Å². The number of carbonyl (C=O) groups excluding carboxylic acids is 1. The summed E-state index contributed by atoms with van der Waals surface area (Å²) in [6.45, 7) is 5.90. The number of H-pyrrole nitrogens is 1. The summed E-state index contributed by atoms with van der Waals surface area (Å²) in [5.74, 6) is -0.201. The van der Waals surface area contributed by atoms with E-state index in [0.29, 0.717) is 17.2 Å². The third kappa shape index (κ3) is 5.32. The van der Waals surface area contributed by atoms with Crippen molar-refractivity contribution in [2.45, 2.75) is 65.1 Å². The highest BCUT2D eigenvalue weighted by atomic mass is 16.1. The number of hydrogen-bond acceptors (Lipinski definition) is 5. The number of nitrogens with zero attached hydrogens (tertiary/aromatic N) is 3. The quantitative estimate of drug-likeness (QED) is 0.506. The van der Waals surface area contributed by atoms with Crippen LogP contribution in [0.2, 0.25) is 0 Å². The molecule has 2 aromatic heterocycles. The van der Waals surface area contributed by atoms with Crippen LogP contribution >= 0.6 is 0 Å². The number of benzene rings is 1. The lowest BCUT2D eigenvalue weighted by atomic mass is 9.89. The Morgan fingerprint density at radius 1 is 1.17 bits per heavy atom. The predicted octanol–water partition coefficient (Wildman–Crippen LogP) is 3.34. The molecule has 1 aliphatic rings. The number of nitrogens with two attached hydrogens (primary N) is 1. The highest BCUT2D eigenvalue weighted by molar-refractivity contribution is 5.98. The van der Waals surface area contributed by atoms with E-state index in [0.717, 1.165) is 59.3 Å². The fourth-order valence-corrected chi connectivity index (χ4v) is 5.09. The van der Waals surface area contributed by atoms with Gasteiger partial charge in [-0.2, -0.15) is 5.10 Å². The molecule has 0 radical (unpaired) electrons. The summed E-state index contributed by atoms with van der Waals surface area (Å²) >= 11 is 0. The zero-order valence-corrected chi connectivity index (χ0v) is 21.3. The predicted molar refractivity (Wildman–Crippen MR) is 140 cm³/mol. The molecule has 0 spiro atoms. The highest BCUT2D eigenvalue weighted by Gasteiger charge is 2.25. The van der Waals surface area contributed by atoms with Gasteiger partial charge in [0.05, 0.1) is 6.20 Å². The van der Waals surface area contributed by atoms with Crippen molar-refractivity contribution in [3.05, 3.63) is 68.9 Å². The fourth-order valence-electron chi connectivity index (χ4n) is 5.09. The number of amides is 1. The van der Waals surface area contributed by atoms with E-state index in [2.05, 4.69) is 33.4 Å². The Balaban J connectivity index is 1.68. The molecule has 0 aliphatic heterocycles. The molecule has 2 heterocycles. The zero-order valence-electron chi connectivity index (χ0n) is 21.3. The van der Waals surface area contributed by atoms with Gasteiger partial charge in [0.25, 0.3) is 11.5 Å². The van der Waals surface area contributed by atoms with E-state index in [1.807, 2.05) is 52.3 Å². The molecule has 3 aromatic rings. The first kappa shape index (κ1) is 24.7. The van der Waals surface area contributed by atoms with Crippen LogP contribution in [0.1, 0.15) is 58.4 Å². The Labute approximate surface area is 206 Å². The Hall–Kier alpha value is -3.39. The van der Waals surface area contributed by atoms with E-state index < -0.39 is 0 Å². The van der Waals surface area contributed by atoms with Crippen molar-refractivity contribution in [1.82, 2.24) is 20.1 Å². The van der Waals surface area contributed by atoms with Crippen molar-refractivity contribution in [1.29, 1.82) is 0 Å². The topological polar surface area (TPSA) is 109 Å². The summed E-state index contributed by atoms with van der Waals surface area (Å²) in [5, 5.41) is 7.29. The van der Waals surface area contributed by atoms with Gasteiger partial charge in [0, 0.05) is 67.0 Å². The van der Waals surface area contributed by atoms with E-state index in [9.17, 15) is 9.59 Å². The van der Waals surface area contributed by atoms with Crippen LogP contribution in [0.4, 0.5) is 5.69 Å². The van der Waals surface area contributed by atoms with E-state index in [-0.39, 0.29) is 24.1 Å². The summed E-state index contributed by atoms with van der Waals surface area (Å²) in [6.07, 6.45) is 7.84. The maximum Gasteiger partial charge on any atom is 0.253 e. The third-order valence-corrected chi connectivity index (χ3v) is 7.25. The number of aromatic amines is 1. The van der Waals surface area contributed by atoms with Gasteiger partial charge in [-0.05, 0) is 81.3 Å². The lowest BCUT2D eigenvalue weighted by Gasteiger charge is -2.36. The molecule has 4 rings (SSSR count). The zero-order chi connectivity index (χ0) is 25.3. The lowest BCUT2D eigenvalue weighted by Crippen LogP contribution is -2.39. The molecule has 0 atom stereocenters. The van der Waals surface area contributed by atoms with Crippen molar-refractivity contribution >= 4 is 11.6 Å². The molecule has 8 heteroatoms. The summed E-state index contributed by atoms with van der Waals surface area (Å²) in [4.78, 5) is 31.0. The van der Waals surface area contributed by atoms with Gasteiger partial charge < -0.3 is 20.9 Å². The number of aryl methyl sites for hydroxylation is 3. The molecule has 1 fully saturated rings. The Bertz CT molecular complexity index is 1280. The molecule has 0 bridgehead atoms. The smallest absolute Gasteiger partial charge is 0.253 e. The normalized spacial score (nSPS) is 17.9. The first-order chi connectivity index (χ1) is 16.6. The molecule has 1 aliphatic carbocycles. The third-order valence-electron chi connectivity index (χ3n) is 7.25. The van der Waals surface area contributed by atoms with Gasteiger partial charge in [-0.25, -0.2) is 0 Å². The van der Waals surface area contributed by atoms with Gasteiger partial charge >= 0.3 is 0 Å². The second-order valence-electron chi connectivity index (χ2n) is 9.88. The minimum absolute atomic E-state index is 0.167. The second-order valence-corrected chi connectivity index (χ2v) is 9.88. The molecule has 4 N–H and O–H groups in total. The average Bonchev–Trinajstić information content (AvgIpc) is 3.24. The number of hydrogen-bond donors (Lipinski definition) is 3. The maximum atomic E-state index is 13.4. The van der Waals surface area contributed by atoms with Crippen LogP contribution in [0, 0.1) is 20.8 Å². The van der Waals surface area contributed by atoms with Gasteiger partial charge in [0.2, 0.25) is 0 Å². The summed E-state index contributed by atoms with van der Waals surface area (Å²) in [5.41, 5.74) is 12.6. The molecule has 1 amide bonds. The number of anilines is 1. The van der Waals surface area contributed by atoms with Crippen LogP contribution in [-0.4, -0.2) is 39.8 Å². The van der Waals surface area contributed by atoms with E-state index in [1.165, 1.54) is 0 Å². The Morgan fingerprint density at radius 2 is 1.89 bits per heavy atom. The van der Waals surface area contributed by atoms with E-state index in [4.69, 9.17) is 5.73 Å². The van der Waals surface area contributed by atoms with Gasteiger partial charge in [-0.15, -0.1) is 0 Å². The molecule has 186 valence electrons. The molecule has 0 unspecified atom stereocenters. The van der Waals surface area contributed by atoms with Crippen molar-refractivity contribution in [3.8, 4) is 11.1 Å². The average molecular weight is 477 g/mol. The number of nitrogens with one attached hydrogen (secondary N) is 2. The van der Waals surface area contributed by atoms with E-state index in [1.54, 1.807) is 4.68 Å². The maximum absolute atomic E-state index is 13.4. The Kier molecular flexibility index (Phi) is 7.12. The molecule has 35 heavy (non-hydrogen) atoms. The molecular formula is C27H36N6O2. The van der Waals surface area contributed by atoms with Gasteiger partial charge in [-0.1, -0.05) is 0 Å². The highest BCUT2D eigenvalue weighted by Crippen LogP contribution is 2.34. The van der Waals surface area contributed by atoms with Crippen molar-refractivity contribution < 1.29 is 4.79 Å². The first-order valence-electron chi connectivity index (χ1n) is 12.2. The molecule has 0 saturated heterocycles. The SMILES string of the molecule is Cc1cc(C)c(CNC(=O)c2cc(-c3cnn(C)c3)cc(N(C)C3CCC(N)CC3)c2C)c(=O)[nH]1. The number of pyridine rings is 1.